The molecule has 9 rings (SSSR count). The minimum Gasteiger partial charge on any atom is -1.00 e. The molecule has 0 aliphatic carbocycles. The topological polar surface area (TPSA) is 239 Å². The predicted octanol–water partition coefficient (Wildman–Crippen LogP) is 18.7. The van der Waals surface area contributed by atoms with Crippen LogP contribution in [-0.4, -0.2) is 123 Å². The molecule has 0 unspecified atom stereocenters. The van der Waals surface area contributed by atoms with Crippen LogP contribution in [0.4, 0.5) is 5.95 Å². The third-order valence-corrected chi connectivity index (χ3v) is 24.1. The second-order valence-electron chi connectivity index (χ2n) is 36.1. The first-order valence-electron chi connectivity index (χ1n) is 46.6. The Hall–Kier alpha value is -8.56. The average molecular weight is 1880 g/mol. The van der Waals surface area contributed by atoms with Crippen LogP contribution in [0.25, 0.3) is 0 Å². The standard InChI is InChI=1S/C26H37NO2.C24H25O2P.C16H18.C15H16ClN3O3.C11H23NO2.C11H20O2.C5H10O.C4H9.Al.2Li.4H/c1-6-7-18-24(19-25(28)29-26(3,4)5)27(20-22-14-10-8-11-15-22)21(2)23-16-12-9-13-17-23;1-24(2,3)26-23(25)19-27(20-13-7-4-8-14-20,21-15-9-5-10-16-21)22-17-11-6-12-18-22;1-14(16-10-6-3-7-11-16)12-13-15-8-4-2-5-9-15;1-8-11(13(16)19-15(17)18-8)7-10-6-9(14(20)22-3)4-5-12(10)21-2;1-5-6-7-9(12)8-10(13)14-11(2,3)4;1-5-6-7-8-9-10(12)13-11(2,3)4;1-2-3-4-5-6;1-3-4-2;;;;;;;/h8-17,21,24H,6-7,18-20H2,1-5H3;4-19H,1-3H3;2-11,14H,12-13H2,1H3;4-6H,7H2,1-3H3,(H2,17,18,19);9H,5-8,12H2,1-4H3;8-9H,5-7H2,1-4H3;5H,2-4H2,1H3;1,3-4H2,2H3;;;;;;;/q;;;;;;;-1;;2*+1;;;;-1/b;;;;;9-8+;;;;;;;;;/t21-,24-;;14-;;9-;;;;;;;;;;/m0.1.0........../s1. The summed E-state index contributed by atoms with van der Waals surface area (Å²) in [4.78, 5) is 79.9. The zero-order valence-electron chi connectivity index (χ0n) is 86.1. The van der Waals surface area contributed by atoms with E-state index in [9.17, 15) is 28.8 Å². The van der Waals surface area contributed by atoms with Crippen LogP contribution in [0.5, 0.6) is 5.75 Å². The van der Waals surface area contributed by atoms with E-state index < -0.39 is 29.7 Å². The van der Waals surface area contributed by atoms with Crippen molar-refractivity contribution in [3.8, 4) is 5.75 Å². The Morgan fingerprint density at radius 1 is 0.522 bits per heavy atom. The monoisotopic (exact) mass is 1880 g/mol. The Balaban J connectivity index is -0.00000154. The van der Waals surface area contributed by atoms with Gasteiger partial charge in [-0.25, -0.2) is 24.4 Å². The van der Waals surface area contributed by atoms with E-state index in [1.807, 2.05) is 162 Å². The molecule has 0 bridgehead atoms. The fraction of sp³-hybridized carbons (Fsp3) is 0.446. The maximum atomic E-state index is 12.9. The summed E-state index contributed by atoms with van der Waals surface area (Å²) in [7, 11) is 2.89. The number of methoxy groups -OCH3 is 2. The number of nitrogen functional groups attached to an aromatic ring is 1. The van der Waals surface area contributed by atoms with Crippen molar-refractivity contribution in [3.63, 3.8) is 0 Å². The van der Waals surface area contributed by atoms with E-state index in [2.05, 4.69) is 216 Å². The van der Waals surface area contributed by atoms with Crippen LogP contribution in [0.2, 0.25) is 5.15 Å². The number of ether oxygens (including phenoxy) is 6. The number of aromatic nitrogens is 2. The summed E-state index contributed by atoms with van der Waals surface area (Å²) < 4.78 is 31.7. The number of halogens is 1. The molecule has 724 valence electrons. The van der Waals surface area contributed by atoms with Gasteiger partial charge in [-0.1, -0.05) is 323 Å². The number of anilines is 1. The molecule has 1 aromatic heterocycles. The number of allylic oxidation sites excluding steroid dienone is 1. The van der Waals surface area contributed by atoms with Gasteiger partial charge >= 0.3 is 67.6 Å². The summed E-state index contributed by atoms with van der Waals surface area (Å²) in [6.45, 7) is 41.8. The molecule has 0 radical (unpaired) electrons. The number of nitrogens with two attached hydrogens (primary N) is 2. The zero-order chi connectivity index (χ0) is 97.9. The van der Waals surface area contributed by atoms with Crippen molar-refractivity contribution in [1.29, 1.82) is 0 Å². The minimum absolute atomic E-state index is 0. The number of hydrogen-bond donors (Lipinski definition) is 2. The Bertz CT molecular complexity index is 4610. The van der Waals surface area contributed by atoms with Crippen LogP contribution in [0.15, 0.2) is 243 Å². The van der Waals surface area contributed by atoms with Gasteiger partial charge in [-0.05, 0) is 210 Å². The van der Waals surface area contributed by atoms with Crippen molar-refractivity contribution in [1.82, 2.24) is 14.9 Å². The SMILES string of the molecule is CC(C)(C)OC(=O)C=P(c1ccccc1)(c1ccccc1)c1ccccc1.CCCC/C=C/C(=O)OC(C)(C)C.CCCCC=O.CCCC[C@@H](CC(=O)OC(C)(C)C)N(Cc1ccccc1)[C@@H](C)c1ccccc1.CCCC[C@H](N)CC(=O)OC(C)(C)C.COC(=O)c1ccc(OC)c(Cc2c(C)nc(N)nc2Cl)c1.C[C@H](CCc1ccccc1)c1ccccc1.[AlH3].[CH2-]CCC.[H-].[Li+].[Li+]. The maximum absolute atomic E-state index is 12.9. The Labute approximate surface area is 848 Å². The summed E-state index contributed by atoms with van der Waals surface area (Å²) in [5.41, 5.74) is 17.6. The summed E-state index contributed by atoms with van der Waals surface area (Å²) >= 11 is 6.15. The molecule has 17 nitrogen and oxygen atoms in total. The molecule has 22 heteroatoms. The molecule has 0 aliphatic heterocycles. The van der Waals surface area contributed by atoms with Gasteiger partial charge in [0, 0.05) is 60.6 Å². The summed E-state index contributed by atoms with van der Waals surface area (Å²) in [6.07, 6.45) is 22.6. The molecule has 8 aromatic carbocycles. The van der Waals surface area contributed by atoms with Crippen LogP contribution in [0.1, 0.15) is 304 Å². The van der Waals surface area contributed by atoms with Crippen LogP contribution >= 0.6 is 18.5 Å². The Morgan fingerprint density at radius 2 is 0.933 bits per heavy atom. The van der Waals surface area contributed by atoms with Crippen molar-refractivity contribution in [2.75, 3.05) is 20.0 Å². The van der Waals surface area contributed by atoms with E-state index in [1.165, 1.54) is 48.3 Å². The minimum atomic E-state index is -2.29. The van der Waals surface area contributed by atoms with Crippen molar-refractivity contribution < 1.29 is 96.3 Å². The number of hydrogen-bond acceptors (Lipinski definition) is 17. The van der Waals surface area contributed by atoms with Crippen LogP contribution in [0, 0.1) is 13.8 Å². The summed E-state index contributed by atoms with van der Waals surface area (Å²) in [5.74, 6) is 1.97. The molecule has 134 heavy (non-hydrogen) atoms. The van der Waals surface area contributed by atoms with Gasteiger partial charge < -0.3 is 53.0 Å². The quantitative estimate of drug-likeness (QED) is 0.00432. The van der Waals surface area contributed by atoms with Crippen LogP contribution < -0.4 is 69.8 Å². The molecule has 4 N–H and O–H groups in total. The molecule has 1 heterocycles. The number of aldehydes is 1. The number of rotatable bonds is 35. The van der Waals surface area contributed by atoms with Gasteiger partial charge in [0.1, 0.15) is 39.6 Å². The van der Waals surface area contributed by atoms with E-state index in [1.54, 1.807) is 32.2 Å². The predicted molar refractivity (Wildman–Crippen MR) is 560 cm³/mol. The Kier molecular flexibility index (Phi) is 67.5. The van der Waals surface area contributed by atoms with Gasteiger partial charge in [0.2, 0.25) is 5.95 Å². The van der Waals surface area contributed by atoms with E-state index >= 15 is 0 Å². The smallest absolute Gasteiger partial charge is 1.00 e. The molecule has 4 atom stereocenters. The van der Waals surface area contributed by atoms with E-state index in [0.29, 0.717) is 42.2 Å². The first kappa shape index (κ1) is 127. The van der Waals surface area contributed by atoms with Gasteiger partial charge in [0.25, 0.3) is 0 Å². The van der Waals surface area contributed by atoms with Gasteiger partial charge in [-0.3, -0.25) is 14.5 Å². The number of benzene rings is 8. The first-order valence-corrected chi connectivity index (χ1v) is 48.8. The summed E-state index contributed by atoms with van der Waals surface area (Å²) in [5, 5.41) is 3.69. The fourth-order valence-corrected chi connectivity index (χ4v) is 17.2. The molecule has 9 aromatic rings. The van der Waals surface area contributed by atoms with Gasteiger partial charge in [-0.15, -0.1) is 0 Å². The Morgan fingerprint density at radius 3 is 1.34 bits per heavy atom. The number of aryl methyl sites for hydroxylation is 2. The van der Waals surface area contributed by atoms with Gasteiger partial charge in [0.15, 0.2) is 17.4 Å². The molecular weight excluding hydrogens is 1710 g/mol. The normalized spacial score (nSPS) is 11.7. The first-order chi connectivity index (χ1) is 62.2. The van der Waals surface area contributed by atoms with E-state index in [-0.39, 0.29) is 115 Å². The molecule has 0 saturated carbocycles. The van der Waals surface area contributed by atoms with Crippen molar-refractivity contribution >= 4 is 99.6 Å². The molecule has 0 aliphatic rings. The third kappa shape index (κ3) is 55.6. The second kappa shape index (κ2) is 71.0. The van der Waals surface area contributed by atoms with Gasteiger partial charge in [-0.2, -0.15) is 6.42 Å². The van der Waals surface area contributed by atoms with E-state index in [4.69, 9.17) is 51.5 Å². The number of esters is 5. The van der Waals surface area contributed by atoms with E-state index in [0.717, 1.165) is 130 Å². The van der Waals surface area contributed by atoms with Gasteiger partial charge in [0.05, 0.1) is 32.6 Å². The average Bonchev–Trinajstić information content (AvgIpc) is 0.751. The van der Waals surface area contributed by atoms with Crippen molar-refractivity contribution in [3.05, 3.63) is 299 Å². The fourth-order valence-electron chi connectivity index (χ4n) is 13.2. The number of carbonyl (C=O) groups is 6. The molecule has 0 saturated heterocycles. The number of carbonyl (C=O) groups excluding carboxylic acids is 6. The number of unbranched alkanes of at least 4 members (excludes halogenated alkanes) is 7. The molecule has 0 amide bonds. The van der Waals surface area contributed by atoms with Crippen molar-refractivity contribution in [2.24, 2.45) is 5.73 Å². The molecule has 0 spiro atoms. The second-order valence-corrected chi connectivity index (χ2v) is 39.7. The third-order valence-electron chi connectivity index (χ3n) is 19.9. The molecule has 0 fully saturated rings. The summed E-state index contributed by atoms with van der Waals surface area (Å²) in [6, 6.07) is 78.7. The van der Waals surface area contributed by atoms with Crippen molar-refractivity contribution in [2.45, 2.75) is 313 Å². The molecular formula is C112H162AlClLi2N5O12P. The zero-order valence-corrected chi connectivity index (χ0v) is 86.8. The largest absolute Gasteiger partial charge is 1.00 e. The van der Waals surface area contributed by atoms with Crippen LogP contribution in [0.3, 0.4) is 0 Å². The number of nitrogens with zero attached hydrogens (tertiary/aromatic N) is 3. The van der Waals surface area contributed by atoms with Crippen LogP contribution in [-0.2, 0) is 67.0 Å². The maximum Gasteiger partial charge on any atom is 1.00 e.